The summed E-state index contributed by atoms with van der Waals surface area (Å²) in [7, 11) is 3.17. The number of rotatable bonds is 7. The van der Waals surface area contributed by atoms with Crippen LogP contribution in [0.15, 0.2) is 115 Å². The highest BCUT2D eigenvalue weighted by molar-refractivity contribution is 6.58. The van der Waals surface area contributed by atoms with Gasteiger partial charge in [-0.3, -0.25) is 24.1 Å². The number of ether oxygens (including phenoxy) is 2. The van der Waals surface area contributed by atoms with Crippen LogP contribution in [0, 0.1) is 23.6 Å². The van der Waals surface area contributed by atoms with Crippen molar-refractivity contribution in [2.45, 2.75) is 28.5 Å². The van der Waals surface area contributed by atoms with Crippen LogP contribution in [0.2, 0.25) is 0 Å². The van der Waals surface area contributed by atoms with Gasteiger partial charge in [-0.15, -0.1) is 23.2 Å². The van der Waals surface area contributed by atoms with Gasteiger partial charge in [-0.2, -0.15) is 0 Å². The van der Waals surface area contributed by atoms with Crippen LogP contribution in [0.4, 0.5) is 15.8 Å². The lowest BCUT2D eigenvalue weighted by Gasteiger charge is -2.51. The molecule has 58 heavy (non-hydrogen) atoms. The van der Waals surface area contributed by atoms with Gasteiger partial charge in [0, 0.05) is 17.0 Å². The number of hydrogen-bond donors (Lipinski definition) is 1. The third kappa shape index (κ3) is 5.42. The van der Waals surface area contributed by atoms with E-state index in [2.05, 4.69) is 0 Å². The number of benzene rings is 5. The number of phenolic OH excluding ortho intramolecular Hbond substituents is 1. The van der Waals surface area contributed by atoms with Crippen LogP contribution >= 0.6 is 23.2 Å². The highest BCUT2D eigenvalue weighted by Crippen LogP contribution is 2.67. The number of carbonyl (C=O) groups excluding carboxylic acids is 4. The number of amides is 4. The summed E-state index contributed by atoms with van der Waals surface area (Å²) < 4.78 is 24.9. The molecule has 0 radical (unpaired) electrons. The van der Waals surface area contributed by atoms with Crippen LogP contribution in [0.5, 0.6) is 17.2 Å². The molecule has 1 N–H and O–H groups in total. The first-order valence-corrected chi connectivity index (χ1v) is 19.5. The summed E-state index contributed by atoms with van der Waals surface area (Å²) in [5.41, 5.74) is 2.86. The van der Waals surface area contributed by atoms with Crippen LogP contribution in [-0.2, 0) is 19.2 Å². The van der Waals surface area contributed by atoms with Gasteiger partial charge in [0.1, 0.15) is 23.1 Å². The van der Waals surface area contributed by atoms with E-state index in [1.807, 2.05) is 42.5 Å². The van der Waals surface area contributed by atoms with Crippen LogP contribution in [-0.4, -0.2) is 52.7 Å². The minimum absolute atomic E-state index is 0.0702. The Balaban J connectivity index is 1.11. The number of hydrogen-bond acceptors (Lipinski definition) is 7. The van der Waals surface area contributed by atoms with Crippen molar-refractivity contribution in [1.29, 1.82) is 0 Å². The second-order valence-corrected chi connectivity index (χ2v) is 16.3. The number of fused-ring (bicyclic) bond motifs is 5. The number of carbonyl (C=O) groups is 4. The largest absolute Gasteiger partial charge is 0.508 e. The van der Waals surface area contributed by atoms with E-state index < -0.39 is 62.9 Å². The Morgan fingerprint density at radius 3 is 2.21 bits per heavy atom. The van der Waals surface area contributed by atoms with Gasteiger partial charge in [-0.1, -0.05) is 66.3 Å². The fourth-order valence-corrected chi connectivity index (χ4v) is 10.4. The summed E-state index contributed by atoms with van der Waals surface area (Å²) in [5, 5.41) is 13.0. The van der Waals surface area contributed by atoms with E-state index in [0.717, 1.165) is 33.5 Å². The second kappa shape index (κ2) is 13.9. The number of imide groups is 2. The molecular formula is C46H35Cl2FN2O7. The maximum atomic E-state index is 14.8. The molecule has 2 saturated heterocycles. The van der Waals surface area contributed by atoms with E-state index in [9.17, 15) is 28.7 Å². The summed E-state index contributed by atoms with van der Waals surface area (Å²) in [6, 6.07) is 27.8. The maximum absolute atomic E-state index is 14.8. The summed E-state index contributed by atoms with van der Waals surface area (Å²) in [5.74, 6) is -5.72. The number of nitrogens with zero attached hydrogens (tertiary/aromatic N) is 2. The average Bonchev–Trinajstić information content (AvgIpc) is 3.58. The minimum Gasteiger partial charge on any atom is -0.508 e. The lowest BCUT2D eigenvalue weighted by Crippen LogP contribution is -2.60. The van der Waals surface area contributed by atoms with Gasteiger partial charge in [0.15, 0.2) is 9.75 Å². The third-order valence-electron chi connectivity index (χ3n) is 12.2. The van der Waals surface area contributed by atoms with Crippen molar-refractivity contribution in [3.05, 3.63) is 137 Å². The SMILES string of the molecule is COc1ccc(OC)c(C=Cc2ccc(N3C(=O)[C@H]4[C@H](CC=C5[C@H]4C[C@@]4(Cl)C(=O)N(c6ccc(F)cc6)C(=O)[C@@]4(Cl)[C@H]5c4c(O)ccc5ccccc45)C3=O)cc2)c1. The molecule has 9 nitrogen and oxygen atoms in total. The van der Waals surface area contributed by atoms with Crippen LogP contribution < -0.4 is 19.3 Å². The Morgan fingerprint density at radius 2 is 1.48 bits per heavy atom. The van der Waals surface area contributed by atoms with Gasteiger partial charge in [-0.05, 0) is 95.8 Å². The highest BCUT2D eigenvalue weighted by Gasteiger charge is 2.77. The number of alkyl halides is 2. The maximum Gasteiger partial charge on any atom is 0.258 e. The second-order valence-electron chi connectivity index (χ2n) is 15.0. The first-order chi connectivity index (χ1) is 27.9. The molecule has 5 aromatic rings. The molecule has 292 valence electrons. The quantitative estimate of drug-likeness (QED) is 0.0758. The smallest absolute Gasteiger partial charge is 0.258 e. The van der Waals surface area contributed by atoms with Crippen LogP contribution in [0.1, 0.15) is 35.4 Å². The fraction of sp³-hybridized carbons (Fsp3) is 0.217. The molecule has 2 aliphatic heterocycles. The molecule has 4 amide bonds. The minimum atomic E-state index is -2.19. The standard InChI is InChI=1S/C46H35Cl2FN2O7/c1-57-31-18-22-37(58-2)27(23-31)10-7-25-8-14-29(15-9-25)50-41(53)34-20-19-33-35(38(34)42(50)54)24-45(47)43(55)51(30-16-12-28(49)13-17-30)44(56)46(45,48)40(33)39-32-6-4-3-5-26(32)11-21-36(39)52/h3-19,21-23,34-35,38,40,52H,20,24H2,1-2H3/t34-,35+,38-,40+,45+,46-/m0/s1. The summed E-state index contributed by atoms with van der Waals surface area (Å²) in [6.07, 6.45) is 5.48. The summed E-state index contributed by atoms with van der Waals surface area (Å²) >= 11 is 15.1. The monoisotopic (exact) mass is 816 g/mol. The number of phenols is 1. The van der Waals surface area contributed by atoms with Crippen molar-refractivity contribution in [2.24, 2.45) is 17.8 Å². The van der Waals surface area contributed by atoms with Crippen LogP contribution in [0.3, 0.4) is 0 Å². The van der Waals surface area contributed by atoms with Crippen molar-refractivity contribution >= 4 is 81.1 Å². The number of allylic oxidation sites excluding steroid dienone is 2. The van der Waals surface area contributed by atoms with E-state index in [0.29, 0.717) is 28.1 Å². The number of halogens is 3. The van der Waals surface area contributed by atoms with Gasteiger partial charge in [0.05, 0.1) is 37.4 Å². The van der Waals surface area contributed by atoms with Crippen LogP contribution in [0.25, 0.3) is 22.9 Å². The normalized spacial score (nSPS) is 26.5. The van der Waals surface area contributed by atoms with E-state index in [-0.39, 0.29) is 29.8 Å². The molecule has 4 aliphatic rings. The highest BCUT2D eigenvalue weighted by atomic mass is 35.5. The zero-order valence-electron chi connectivity index (χ0n) is 31.2. The lowest BCUT2D eigenvalue weighted by atomic mass is 9.56. The van der Waals surface area contributed by atoms with Gasteiger partial charge < -0.3 is 14.6 Å². The van der Waals surface area contributed by atoms with E-state index in [1.165, 1.54) is 23.1 Å². The molecule has 2 heterocycles. The van der Waals surface area contributed by atoms with Crippen molar-refractivity contribution in [1.82, 2.24) is 0 Å². The predicted octanol–water partition coefficient (Wildman–Crippen LogP) is 8.64. The Morgan fingerprint density at radius 1 is 0.776 bits per heavy atom. The molecule has 0 bridgehead atoms. The van der Waals surface area contributed by atoms with Crippen molar-refractivity contribution in [3.8, 4) is 17.2 Å². The Kier molecular flexibility index (Phi) is 8.98. The topological polar surface area (TPSA) is 113 Å². The first kappa shape index (κ1) is 37.6. The van der Waals surface area contributed by atoms with Gasteiger partial charge in [-0.25, -0.2) is 9.29 Å². The van der Waals surface area contributed by atoms with Crippen molar-refractivity contribution in [3.63, 3.8) is 0 Å². The van der Waals surface area contributed by atoms with Gasteiger partial charge in [0.2, 0.25) is 11.8 Å². The molecule has 0 spiro atoms. The van der Waals surface area contributed by atoms with Gasteiger partial charge in [0.25, 0.3) is 11.8 Å². The molecular weight excluding hydrogens is 782 g/mol. The molecule has 6 atom stereocenters. The molecule has 3 fully saturated rings. The summed E-state index contributed by atoms with van der Waals surface area (Å²) in [4.78, 5) is 56.2. The number of methoxy groups -OCH3 is 2. The Bertz CT molecular complexity index is 2630. The first-order valence-electron chi connectivity index (χ1n) is 18.7. The summed E-state index contributed by atoms with van der Waals surface area (Å²) in [6.45, 7) is 0. The molecule has 2 aliphatic carbocycles. The molecule has 0 aromatic heterocycles. The molecule has 9 rings (SSSR count). The Hall–Kier alpha value is -5.97. The zero-order valence-corrected chi connectivity index (χ0v) is 32.7. The third-order valence-corrected chi connectivity index (χ3v) is 13.6. The van der Waals surface area contributed by atoms with E-state index >= 15 is 0 Å². The molecule has 1 saturated carbocycles. The van der Waals surface area contributed by atoms with E-state index in [1.54, 1.807) is 62.8 Å². The number of anilines is 2. The zero-order chi connectivity index (χ0) is 40.7. The molecule has 5 aromatic carbocycles. The predicted molar refractivity (Wildman–Crippen MR) is 220 cm³/mol. The molecule has 0 unspecified atom stereocenters. The molecule has 12 heteroatoms. The van der Waals surface area contributed by atoms with Crippen molar-refractivity contribution in [2.75, 3.05) is 24.0 Å². The number of aromatic hydroxyl groups is 1. The fourth-order valence-electron chi connectivity index (χ4n) is 9.45. The van der Waals surface area contributed by atoms with Crippen molar-refractivity contribution < 1.29 is 38.1 Å². The average molecular weight is 818 g/mol. The lowest BCUT2D eigenvalue weighted by molar-refractivity contribution is -0.125. The van der Waals surface area contributed by atoms with E-state index in [4.69, 9.17) is 32.7 Å². The van der Waals surface area contributed by atoms with Gasteiger partial charge >= 0.3 is 0 Å². The Labute approximate surface area is 342 Å².